The van der Waals surface area contributed by atoms with Crippen LogP contribution >= 0.6 is 0 Å². The second-order valence-corrected chi connectivity index (χ2v) is 6.52. The molecule has 132 valence electrons. The molecule has 3 aromatic rings. The van der Waals surface area contributed by atoms with Gasteiger partial charge in [-0.15, -0.1) is 0 Å². The maximum atomic E-state index is 12.2. The zero-order valence-corrected chi connectivity index (χ0v) is 14.9. The lowest BCUT2D eigenvalue weighted by Crippen LogP contribution is -2.18. The van der Waals surface area contributed by atoms with E-state index in [1.54, 1.807) is 6.20 Å². The van der Waals surface area contributed by atoms with E-state index in [9.17, 15) is 4.79 Å². The van der Waals surface area contributed by atoms with Crippen LogP contribution in [0.25, 0.3) is 10.9 Å². The van der Waals surface area contributed by atoms with E-state index in [1.165, 1.54) is 5.56 Å². The number of aromatic nitrogens is 4. The fourth-order valence-corrected chi connectivity index (χ4v) is 2.67. The summed E-state index contributed by atoms with van der Waals surface area (Å²) in [5, 5.41) is 12.6. The van der Waals surface area contributed by atoms with E-state index >= 15 is 0 Å². The Morgan fingerprint density at radius 1 is 1.20 bits per heavy atom. The van der Waals surface area contributed by atoms with Gasteiger partial charge in [-0.25, -0.2) is 0 Å². The van der Waals surface area contributed by atoms with Crippen LogP contribution in [0.2, 0.25) is 0 Å². The molecule has 0 fully saturated rings. The molecule has 0 aliphatic carbocycles. The minimum absolute atomic E-state index is 0.0390. The number of nitrogens with zero attached hydrogens (tertiary/aromatic N) is 5. The number of benzene rings is 1. The fourth-order valence-electron chi connectivity index (χ4n) is 2.67. The summed E-state index contributed by atoms with van der Waals surface area (Å²) in [7, 11) is 4.04. The number of carbonyl (C=O) groups is 1. The molecule has 1 aromatic carbocycles. The highest BCUT2D eigenvalue weighted by atomic mass is 16.1. The van der Waals surface area contributed by atoms with E-state index in [2.05, 4.69) is 39.5 Å². The van der Waals surface area contributed by atoms with Crippen molar-refractivity contribution >= 4 is 22.5 Å². The van der Waals surface area contributed by atoms with Crippen molar-refractivity contribution < 1.29 is 4.79 Å². The van der Waals surface area contributed by atoms with E-state index < -0.39 is 0 Å². The monoisotopic (exact) mass is 340 g/mol. The van der Waals surface area contributed by atoms with Gasteiger partial charge in [0.15, 0.2) is 0 Å². The van der Waals surface area contributed by atoms with Gasteiger partial charge in [-0.3, -0.25) is 14.2 Å². The van der Waals surface area contributed by atoms with Crippen LogP contribution in [-0.2, 0) is 17.9 Å². The minimum atomic E-state index is -0.0390. The van der Waals surface area contributed by atoms with E-state index in [1.807, 2.05) is 41.9 Å². The average Bonchev–Trinajstić information content (AvgIpc) is 3.17. The van der Waals surface area contributed by atoms with Crippen LogP contribution in [0.5, 0.6) is 0 Å². The fraction of sp³-hybridized carbons (Fsp3) is 0.389. The molecule has 0 unspecified atom stereocenters. The number of amides is 1. The number of likely N-dealkylation sites (N-methyl/N-ethyl adjacent to an activating group) is 1. The standard InChI is InChI=1S/C18H24N6O/c1-14-4-5-17-15(10-14)11-20-24(17)7-6-18(25)21-16-12-19-23(13-16)9-8-22(2)3/h4-5,10-13H,6-9H2,1-3H3,(H,21,25). The number of carbonyl (C=O) groups excluding carboxylic acids is 1. The topological polar surface area (TPSA) is 68.0 Å². The predicted molar refractivity (Wildman–Crippen MR) is 98.5 cm³/mol. The first-order valence-corrected chi connectivity index (χ1v) is 8.40. The predicted octanol–water partition coefficient (Wildman–Crippen LogP) is 2.13. The minimum Gasteiger partial charge on any atom is -0.323 e. The van der Waals surface area contributed by atoms with Crippen LogP contribution in [0, 0.1) is 6.92 Å². The van der Waals surface area contributed by atoms with Gasteiger partial charge >= 0.3 is 0 Å². The Morgan fingerprint density at radius 2 is 2.04 bits per heavy atom. The molecule has 1 amide bonds. The van der Waals surface area contributed by atoms with Crippen LogP contribution in [0.15, 0.2) is 36.8 Å². The summed E-state index contributed by atoms with van der Waals surface area (Å²) in [4.78, 5) is 14.3. The van der Waals surface area contributed by atoms with E-state index in [-0.39, 0.29) is 5.91 Å². The molecule has 0 bridgehead atoms. The Bertz CT molecular complexity index is 863. The molecule has 0 saturated carbocycles. The van der Waals surface area contributed by atoms with Gasteiger partial charge in [0, 0.05) is 24.5 Å². The van der Waals surface area contributed by atoms with E-state index in [4.69, 9.17) is 0 Å². The zero-order valence-electron chi connectivity index (χ0n) is 14.9. The summed E-state index contributed by atoms with van der Waals surface area (Å²) in [6.45, 7) is 4.30. The second kappa shape index (κ2) is 7.48. The number of fused-ring (bicyclic) bond motifs is 1. The Labute approximate surface area is 147 Å². The first-order valence-electron chi connectivity index (χ1n) is 8.40. The SMILES string of the molecule is Cc1ccc2c(cnn2CCC(=O)Nc2cnn(CCN(C)C)c2)c1. The molecular weight excluding hydrogens is 316 g/mol. The molecule has 7 heteroatoms. The highest BCUT2D eigenvalue weighted by Gasteiger charge is 2.08. The van der Waals surface area contributed by atoms with Gasteiger partial charge in [0.1, 0.15) is 0 Å². The molecule has 0 aliphatic rings. The van der Waals surface area contributed by atoms with Crippen molar-refractivity contribution in [1.29, 1.82) is 0 Å². The number of hydrogen-bond donors (Lipinski definition) is 1. The molecule has 3 rings (SSSR count). The van der Waals surface area contributed by atoms with Gasteiger partial charge in [-0.2, -0.15) is 10.2 Å². The summed E-state index contributed by atoms with van der Waals surface area (Å²) in [6.07, 6.45) is 5.75. The molecule has 1 N–H and O–H groups in total. The van der Waals surface area contributed by atoms with Gasteiger partial charge in [-0.1, -0.05) is 11.6 Å². The van der Waals surface area contributed by atoms with Crippen LogP contribution in [0.4, 0.5) is 5.69 Å². The van der Waals surface area contributed by atoms with Crippen molar-refractivity contribution in [1.82, 2.24) is 24.5 Å². The van der Waals surface area contributed by atoms with Crippen molar-refractivity contribution in [3.63, 3.8) is 0 Å². The Balaban J connectivity index is 1.54. The molecule has 0 saturated heterocycles. The maximum absolute atomic E-state index is 12.2. The highest BCUT2D eigenvalue weighted by molar-refractivity contribution is 5.90. The maximum Gasteiger partial charge on any atom is 0.226 e. The van der Waals surface area contributed by atoms with Gasteiger partial charge < -0.3 is 10.2 Å². The van der Waals surface area contributed by atoms with Gasteiger partial charge in [0.05, 0.1) is 36.7 Å². The molecule has 7 nitrogen and oxygen atoms in total. The number of hydrogen-bond acceptors (Lipinski definition) is 4. The lowest BCUT2D eigenvalue weighted by molar-refractivity contribution is -0.116. The quantitative estimate of drug-likeness (QED) is 0.715. The summed E-state index contributed by atoms with van der Waals surface area (Å²) in [6, 6.07) is 6.20. The lowest BCUT2D eigenvalue weighted by Gasteiger charge is -2.08. The summed E-state index contributed by atoms with van der Waals surface area (Å²) >= 11 is 0. The molecular formula is C18H24N6O. The summed E-state index contributed by atoms with van der Waals surface area (Å²) in [5.41, 5.74) is 2.98. The van der Waals surface area contributed by atoms with E-state index in [0.29, 0.717) is 13.0 Å². The molecule has 2 heterocycles. The van der Waals surface area contributed by atoms with Gasteiger partial charge in [0.25, 0.3) is 0 Å². The van der Waals surface area contributed by atoms with Crippen LogP contribution in [0.1, 0.15) is 12.0 Å². The number of aryl methyl sites for hydroxylation is 2. The smallest absolute Gasteiger partial charge is 0.226 e. The normalized spacial score (nSPS) is 11.4. The zero-order chi connectivity index (χ0) is 17.8. The van der Waals surface area contributed by atoms with Gasteiger partial charge in [0.2, 0.25) is 5.91 Å². The molecule has 0 radical (unpaired) electrons. The molecule has 0 spiro atoms. The first kappa shape index (κ1) is 17.2. The van der Waals surface area contributed by atoms with Crippen molar-refractivity contribution in [3.8, 4) is 0 Å². The third kappa shape index (κ3) is 4.45. The largest absolute Gasteiger partial charge is 0.323 e. The Morgan fingerprint density at radius 3 is 2.84 bits per heavy atom. The highest BCUT2D eigenvalue weighted by Crippen LogP contribution is 2.15. The molecule has 25 heavy (non-hydrogen) atoms. The van der Waals surface area contributed by atoms with Crippen LogP contribution < -0.4 is 5.32 Å². The summed E-state index contributed by atoms with van der Waals surface area (Å²) in [5.74, 6) is -0.0390. The number of rotatable bonds is 7. The number of nitrogens with one attached hydrogen (secondary N) is 1. The van der Waals surface area contributed by atoms with Crippen molar-refractivity contribution in [2.45, 2.75) is 26.4 Å². The molecule has 0 atom stereocenters. The Hall–Kier alpha value is -2.67. The average molecular weight is 340 g/mol. The van der Waals surface area contributed by atoms with Gasteiger partial charge in [-0.05, 0) is 33.2 Å². The van der Waals surface area contributed by atoms with Crippen LogP contribution in [-0.4, -0.2) is 51.0 Å². The van der Waals surface area contributed by atoms with Crippen molar-refractivity contribution in [2.75, 3.05) is 26.0 Å². The van der Waals surface area contributed by atoms with Crippen molar-refractivity contribution in [2.24, 2.45) is 0 Å². The van der Waals surface area contributed by atoms with E-state index in [0.717, 1.165) is 29.7 Å². The lowest BCUT2D eigenvalue weighted by atomic mass is 10.2. The third-order valence-corrected chi connectivity index (χ3v) is 4.04. The third-order valence-electron chi connectivity index (χ3n) is 4.04. The van der Waals surface area contributed by atoms with Crippen LogP contribution in [0.3, 0.4) is 0 Å². The second-order valence-electron chi connectivity index (χ2n) is 6.52. The number of anilines is 1. The molecule has 0 aliphatic heterocycles. The summed E-state index contributed by atoms with van der Waals surface area (Å²) < 4.78 is 3.70. The van der Waals surface area contributed by atoms with Crippen molar-refractivity contribution in [3.05, 3.63) is 42.4 Å². The Kier molecular flexibility index (Phi) is 5.14. The molecule has 2 aromatic heterocycles. The first-order chi connectivity index (χ1) is 12.0.